The van der Waals surface area contributed by atoms with E-state index >= 15 is 0 Å². The predicted octanol–water partition coefficient (Wildman–Crippen LogP) is 1.55. The van der Waals surface area contributed by atoms with Crippen LogP contribution in [0.1, 0.15) is 12.8 Å². The van der Waals surface area contributed by atoms with E-state index in [9.17, 15) is 13.2 Å². The Morgan fingerprint density at radius 1 is 1.35 bits per heavy atom. The van der Waals surface area contributed by atoms with E-state index in [4.69, 9.17) is 33.1 Å². The van der Waals surface area contributed by atoms with Crippen LogP contribution >= 0.6 is 23.2 Å². The van der Waals surface area contributed by atoms with E-state index in [1.165, 1.54) is 6.07 Å². The van der Waals surface area contributed by atoms with E-state index < -0.39 is 10.0 Å². The largest absolute Gasteiger partial charge is 0.492 e. The van der Waals surface area contributed by atoms with Gasteiger partial charge in [0.25, 0.3) is 0 Å². The van der Waals surface area contributed by atoms with E-state index in [1.807, 2.05) is 0 Å². The second kappa shape index (κ2) is 7.12. The van der Waals surface area contributed by atoms with Crippen molar-refractivity contribution in [3.8, 4) is 5.75 Å². The summed E-state index contributed by atoms with van der Waals surface area (Å²) in [6, 6.07) is 2.41. The van der Waals surface area contributed by atoms with E-state index in [-0.39, 0.29) is 33.2 Å². The molecule has 1 amide bonds. The average molecular weight is 341 g/mol. The summed E-state index contributed by atoms with van der Waals surface area (Å²) in [5.74, 6) is 0.142. The molecule has 0 saturated carbocycles. The minimum atomic E-state index is -3.94. The molecule has 20 heavy (non-hydrogen) atoms. The zero-order valence-electron chi connectivity index (χ0n) is 10.7. The molecular formula is C11H14Cl2N2O4S. The average Bonchev–Trinajstić information content (AvgIpc) is 2.36. The van der Waals surface area contributed by atoms with Gasteiger partial charge in [-0.3, -0.25) is 4.79 Å². The molecule has 0 unspecified atom stereocenters. The lowest BCUT2D eigenvalue weighted by Crippen LogP contribution is -2.18. The summed E-state index contributed by atoms with van der Waals surface area (Å²) in [5, 5.41) is 7.49. The summed E-state index contributed by atoms with van der Waals surface area (Å²) in [5.41, 5.74) is 0. The fourth-order valence-corrected chi connectivity index (χ4v) is 2.75. The van der Waals surface area contributed by atoms with Gasteiger partial charge >= 0.3 is 0 Å². The number of carbonyl (C=O) groups is 1. The fourth-order valence-electron chi connectivity index (χ4n) is 1.38. The van der Waals surface area contributed by atoms with Crippen LogP contribution in [0.15, 0.2) is 17.0 Å². The molecule has 1 aromatic carbocycles. The summed E-state index contributed by atoms with van der Waals surface area (Å²) in [6.07, 6.45) is 0.807. The number of nitrogens with two attached hydrogens (primary N) is 1. The van der Waals surface area contributed by atoms with Crippen molar-refractivity contribution in [3.63, 3.8) is 0 Å². The van der Waals surface area contributed by atoms with Crippen LogP contribution in [-0.2, 0) is 14.8 Å². The van der Waals surface area contributed by atoms with Gasteiger partial charge in [0.2, 0.25) is 15.9 Å². The number of rotatable bonds is 6. The third-order valence-corrected chi connectivity index (χ3v) is 4.05. The number of carbonyl (C=O) groups excluding carboxylic acids is 1. The van der Waals surface area contributed by atoms with E-state index in [1.54, 1.807) is 7.05 Å². The Balaban J connectivity index is 2.74. The number of amides is 1. The van der Waals surface area contributed by atoms with Crippen LogP contribution in [0.25, 0.3) is 0 Å². The molecule has 1 rings (SSSR count). The SMILES string of the molecule is CNC(=O)CCCOc1cc(Cl)c(S(N)(=O)=O)cc1Cl. The molecule has 0 fully saturated rings. The van der Waals surface area contributed by atoms with Crippen molar-refractivity contribution in [1.29, 1.82) is 0 Å². The van der Waals surface area contributed by atoms with Crippen LogP contribution < -0.4 is 15.2 Å². The van der Waals surface area contributed by atoms with Gasteiger partial charge in [0.1, 0.15) is 10.6 Å². The fraction of sp³-hybridized carbons (Fsp3) is 0.364. The zero-order valence-corrected chi connectivity index (χ0v) is 13.0. The lowest BCUT2D eigenvalue weighted by molar-refractivity contribution is -0.120. The molecule has 0 aliphatic rings. The first-order valence-electron chi connectivity index (χ1n) is 5.61. The van der Waals surface area contributed by atoms with Crippen molar-refractivity contribution in [2.24, 2.45) is 5.14 Å². The third kappa shape index (κ3) is 4.82. The molecule has 0 aromatic heterocycles. The molecular weight excluding hydrogens is 327 g/mol. The number of ether oxygens (including phenoxy) is 1. The molecule has 0 spiro atoms. The highest BCUT2D eigenvalue weighted by Crippen LogP contribution is 2.33. The molecule has 0 aliphatic carbocycles. The Kier molecular flexibility index (Phi) is 6.07. The first-order valence-corrected chi connectivity index (χ1v) is 7.91. The van der Waals surface area contributed by atoms with Crippen molar-refractivity contribution >= 4 is 39.1 Å². The van der Waals surface area contributed by atoms with Crippen LogP contribution in [-0.4, -0.2) is 28.0 Å². The smallest absolute Gasteiger partial charge is 0.239 e. The van der Waals surface area contributed by atoms with Crippen molar-refractivity contribution in [1.82, 2.24) is 5.32 Å². The van der Waals surface area contributed by atoms with Gasteiger partial charge in [-0.15, -0.1) is 0 Å². The summed E-state index contributed by atoms with van der Waals surface area (Å²) in [4.78, 5) is 10.7. The number of nitrogens with one attached hydrogen (secondary N) is 1. The normalized spacial score (nSPS) is 11.2. The van der Waals surface area contributed by atoms with Gasteiger partial charge in [0.15, 0.2) is 0 Å². The molecule has 0 aliphatic heterocycles. The van der Waals surface area contributed by atoms with Gasteiger partial charge in [-0.25, -0.2) is 13.6 Å². The standard InChI is InChI=1S/C11H14Cl2N2O4S/c1-15-11(16)3-2-4-19-9-5-8(13)10(6-7(9)12)20(14,17)18/h5-6H,2-4H2,1H3,(H,15,16)(H2,14,17,18). The second-order valence-corrected chi connectivity index (χ2v) is 6.23. The third-order valence-electron chi connectivity index (χ3n) is 2.38. The number of sulfonamides is 1. The predicted molar refractivity (Wildman–Crippen MR) is 76.6 cm³/mol. The Bertz CT molecular complexity index is 605. The van der Waals surface area contributed by atoms with Crippen molar-refractivity contribution < 1.29 is 17.9 Å². The van der Waals surface area contributed by atoms with Crippen LogP contribution in [0.2, 0.25) is 10.0 Å². The maximum atomic E-state index is 11.2. The Hall–Kier alpha value is -1.02. The highest BCUT2D eigenvalue weighted by atomic mass is 35.5. The molecule has 0 saturated heterocycles. The van der Waals surface area contributed by atoms with Crippen LogP contribution in [0.3, 0.4) is 0 Å². The van der Waals surface area contributed by atoms with Crippen LogP contribution in [0, 0.1) is 0 Å². The number of hydrogen-bond donors (Lipinski definition) is 2. The first kappa shape index (κ1) is 17.0. The number of benzene rings is 1. The number of hydrogen-bond acceptors (Lipinski definition) is 4. The number of halogens is 2. The van der Waals surface area contributed by atoms with Crippen molar-refractivity contribution in [2.75, 3.05) is 13.7 Å². The maximum absolute atomic E-state index is 11.2. The summed E-state index contributed by atoms with van der Waals surface area (Å²) >= 11 is 11.7. The first-order chi connectivity index (χ1) is 9.25. The van der Waals surface area contributed by atoms with Crippen molar-refractivity contribution in [3.05, 3.63) is 22.2 Å². The maximum Gasteiger partial charge on any atom is 0.239 e. The minimum absolute atomic E-state index is 0.0711. The van der Waals surface area contributed by atoms with Crippen LogP contribution in [0.4, 0.5) is 0 Å². The Morgan fingerprint density at radius 2 is 2.00 bits per heavy atom. The topological polar surface area (TPSA) is 98.5 Å². The lowest BCUT2D eigenvalue weighted by atomic mass is 10.3. The summed E-state index contributed by atoms with van der Waals surface area (Å²) < 4.78 is 27.8. The highest BCUT2D eigenvalue weighted by molar-refractivity contribution is 7.89. The van der Waals surface area contributed by atoms with Crippen molar-refractivity contribution in [2.45, 2.75) is 17.7 Å². The van der Waals surface area contributed by atoms with E-state index in [0.29, 0.717) is 12.8 Å². The molecule has 0 radical (unpaired) electrons. The molecule has 6 nitrogen and oxygen atoms in total. The van der Waals surface area contributed by atoms with Gasteiger partial charge in [-0.2, -0.15) is 0 Å². The molecule has 112 valence electrons. The molecule has 1 aromatic rings. The van der Waals surface area contributed by atoms with E-state index in [0.717, 1.165) is 6.07 Å². The molecule has 0 heterocycles. The van der Waals surface area contributed by atoms with Gasteiger partial charge in [-0.1, -0.05) is 23.2 Å². The van der Waals surface area contributed by atoms with Gasteiger partial charge < -0.3 is 10.1 Å². The number of primary sulfonamides is 1. The quantitative estimate of drug-likeness (QED) is 0.767. The molecule has 3 N–H and O–H groups in total. The Labute approximate surface area is 127 Å². The molecule has 9 heteroatoms. The minimum Gasteiger partial charge on any atom is -0.492 e. The Morgan fingerprint density at radius 3 is 2.55 bits per heavy atom. The zero-order chi connectivity index (χ0) is 15.3. The monoisotopic (exact) mass is 340 g/mol. The second-order valence-electron chi connectivity index (χ2n) is 3.88. The molecule has 0 atom stereocenters. The summed E-state index contributed by atoms with van der Waals surface area (Å²) in [7, 11) is -2.39. The van der Waals surface area contributed by atoms with Gasteiger partial charge in [0, 0.05) is 19.5 Å². The lowest BCUT2D eigenvalue weighted by Gasteiger charge is -2.10. The van der Waals surface area contributed by atoms with Gasteiger partial charge in [0.05, 0.1) is 16.7 Å². The molecule has 0 bridgehead atoms. The van der Waals surface area contributed by atoms with E-state index in [2.05, 4.69) is 5.32 Å². The summed E-state index contributed by atoms with van der Waals surface area (Å²) in [6.45, 7) is 0.248. The van der Waals surface area contributed by atoms with Crippen LogP contribution in [0.5, 0.6) is 5.75 Å². The highest BCUT2D eigenvalue weighted by Gasteiger charge is 2.16. The van der Waals surface area contributed by atoms with Gasteiger partial charge in [-0.05, 0) is 12.5 Å².